The number of likely N-dealkylation sites (N-methyl/N-ethyl adjacent to an activating group) is 1. The molecule has 0 radical (unpaired) electrons. The number of imide groups is 1. The highest BCUT2D eigenvalue weighted by Gasteiger charge is 2.75. The van der Waals surface area contributed by atoms with E-state index < -0.39 is 28.2 Å². The molecule has 34 heavy (non-hydrogen) atoms. The summed E-state index contributed by atoms with van der Waals surface area (Å²) in [6.07, 6.45) is 1.60. The maximum absolute atomic E-state index is 14.1. The molecule has 0 N–H and O–H groups in total. The number of benzene rings is 2. The first-order chi connectivity index (χ1) is 16.3. The highest BCUT2D eigenvalue weighted by molar-refractivity contribution is 6.26. The largest absolute Gasteiger partial charge is 0.310 e. The quantitative estimate of drug-likeness (QED) is 0.396. The van der Waals surface area contributed by atoms with Gasteiger partial charge in [0.2, 0.25) is 11.8 Å². The van der Waals surface area contributed by atoms with Gasteiger partial charge in [0.05, 0.1) is 22.4 Å². The lowest BCUT2D eigenvalue weighted by molar-refractivity contribution is -0.384. The van der Waals surface area contributed by atoms with Crippen LogP contribution in [0.25, 0.3) is 0 Å². The summed E-state index contributed by atoms with van der Waals surface area (Å²) in [6, 6.07) is 11.5. The fourth-order valence-corrected chi connectivity index (χ4v) is 6.90. The molecule has 174 valence electrons. The van der Waals surface area contributed by atoms with Crippen molar-refractivity contribution >= 4 is 34.8 Å². The number of nitro benzene ring substituents is 1. The van der Waals surface area contributed by atoms with E-state index in [2.05, 4.69) is 4.90 Å². The second kappa shape index (κ2) is 6.96. The zero-order valence-corrected chi connectivity index (χ0v) is 18.9. The summed E-state index contributed by atoms with van der Waals surface area (Å²) in [7, 11) is 0. The average molecular weight is 460 g/mol. The van der Waals surface area contributed by atoms with Crippen LogP contribution in [-0.2, 0) is 19.9 Å². The van der Waals surface area contributed by atoms with Gasteiger partial charge < -0.3 is 4.90 Å². The summed E-state index contributed by atoms with van der Waals surface area (Å²) in [6.45, 7) is 4.70. The van der Waals surface area contributed by atoms with Gasteiger partial charge in [-0.2, -0.15) is 0 Å². The van der Waals surface area contributed by atoms with E-state index in [4.69, 9.17) is 0 Å². The topological polar surface area (TPSA) is 104 Å². The van der Waals surface area contributed by atoms with Crippen LogP contribution in [0, 0.1) is 28.9 Å². The zero-order chi connectivity index (χ0) is 23.9. The number of nitro groups is 1. The molecule has 4 heterocycles. The van der Waals surface area contributed by atoms with Crippen LogP contribution in [0.3, 0.4) is 0 Å². The number of para-hydroxylation sites is 1. The summed E-state index contributed by atoms with van der Waals surface area (Å²) in [4.78, 5) is 57.8. The van der Waals surface area contributed by atoms with Crippen molar-refractivity contribution in [3.05, 3.63) is 63.7 Å². The molecule has 0 saturated carbocycles. The van der Waals surface area contributed by atoms with Crippen LogP contribution in [0.4, 0.5) is 17.1 Å². The van der Waals surface area contributed by atoms with Gasteiger partial charge in [-0.15, -0.1) is 0 Å². The van der Waals surface area contributed by atoms with Crippen molar-refractivity contribution in [1.29, 1.82) is 0 Å². The van der Waals surface area contributed by atoms with Crippen LogP contribution >= 0.6 is 0 Å². The van der Waals surface area contributed by atoms with E-state index in [-0.39, 0.29) is 23.5 Å². The lowest BCUT2D eigenvalue weighted by atomic mass is 9.75. The molecule has 3 amide bonds. The number of rotatable bonds is 3. The molecule has 9 nitrogen and oxygen atoms in total. The molecule has 4 atom stereocenters. The van der Waals surface area contributed by atoms with Gasteiger partial charge >= 0.3 is 0 Å². The summed E-state index contributed by atoms with van der Waals surface area (Å²) >= 11 is 0. The van der Waals surface area contributed by atoms with E-state index in [0.717, 1.165) is 24.1 Å². The van der Waals surface area contributed by atoms with E-state index in [1.54, 1.807) is 11.8 Å². The van der Waals surface area contributed by atoms with Crippen molar-refractivity contribution in [2.24, 2.45) is 11.8 Å². The Hall–Kier alpha value is -3.59. The fraction of sp³-hybridized carbons (Fsp3) is 0.400. The molecule has 4 aliphatic heterocycles. The monoisotopic (exact) mass is 460 g/mol. The van der Waals surface area contributed by atoms with Gasteiger partial charge in [0.1, 0.15) is 5.54 Å². The fourth-order valence-electron chi connectivity index (χ4n) is 6.90. The minimum atomic E-state index is -1.20. The molecule has 0 aromatic heterocycles. The van der Waals surface area contributed by atoms with E-state index in [9.17, 15) is 24.5 Å². The predicted molar refractivity (Wildman–Crippen MR) is 123 cm³/mol. The third-order valence-electron chi connectivity index (χ3n) is 8.09. The summed E-state index contributed by atoms with van der Waals surface area (Å²) in [5, 5.41) is 11.2. The molecule has 3 fully saturated rings. The molecular weight excluding hydrogens is 436 g/mol. The first-order valence-corrected chi connectivity index (χ1v) is 11.6. The lowest BCUT2D eigenvalue weighted by Gasteiger charge is -2.37. The predicted octanol–water partition coefficient (Wildman–Crippen LogP) is 2.75. The number of amides is 3. The Morgan fingerprint density at radius 3 is 2.56 bits per heavy atom. The third-order valence-corrected chi connectivity index (χ3v) is 8.09. The third kappa shape index (κ3) is 2.30. The maximum atomic E-state index is 14.1. The van der Waals surface area contributed by atoms with E-state index in [0.29, 0.717) is 24.3 Å². The van der Waals surface area contributed by atoms with Crippen LogP contribution in [0.1, 0.15) is 30.9 Å². The van der Waals surface area contributed by atoms with Crippen molar-refractivity contribution in [3.63, 3.8) is 0 Å². The van der Waals surface area contributed by atoms with Gasteiger partial charge in [-0.1, -0.05) is 18.2 Å². The molecule has 6 rings (SSSR count). The zero-order valence-electron chi connectivity index (χ0n) is 18.9. The van der Waals surface area contributed by atoms with E-state index >= 15 is 0 Å². The standard InChI is InChI=1S/C25H24N4O5/c1-3-26-18-8-5-4-7-16(18)25(24(26)32)21-20(19-9-6-12-27(19)25)22(30)28(23(21)31)17-11-10-15(29(33)34)13-14(17)2/h4-5,7-8,10-11,13,19-21H,3,6,9,12H2,1-2H3/t19-,20-,21-,25+/m1/s1. The van der Waals surface area contributed by atoms with Crippen LogP contribution < -0.4 is 9.80 Å². The van der Waals surface area contributed by atoms with Crippen LogP contribution in [-0.4, -0.2) is 46.7 Å². The smallest absolute Gasteiger partial charge is 0.269 e. The average Bonchev–Trinajstić information content (AvgIpc) is 3.52. The van der Waals surface area contributed by atoms with E-state index in [1.165, 1.54) is 23.1 Å². The van der Waals surface area contributed by atoms with Crippen LogP contribution in [0.5, 0.6) is 0 Å². The van der Waals surface area contributed by atoms with Gasteiger partial charge in [0, 0.05) is 36.0 Å². The number of nitrogens with zero attached hydrogens (tertiary/aromatic N) is 4. The van der Waals surface area contributed by atoms with Gasteiger partial charge in [-0.25, -0.2) is 4.90 Å². The Kier molecular flexibility index (Phi) is 4.29. The van der Waals surface area contributed by atoms with Gasteiger partial charge in [0.25, 0.3) is 11.6 Å². The van der Waals surface area contributed by atoms with Gasteiger partial charge in [-0.3, -0.25) is 29.4 Å². The van der Waals surface area contributed by atoms with Crippen molar-refractivity contribution in [2.45, 2.75) is 38.3 Å². The molecule has 9 heteroatoms. The number of aryl methyl sites for hydroxylation is 1. The normalized spacial score (nSPS) is 29.8. The minimum Gasteiger partial charge on any atom is -0.310 e. The van der Waals surface area contributed by atoms with Gasteiger partial charge in [-0.05, 0) is 50.9 Å². The Morgan fingerprint density at radius 2 is 1.85 bits per heavy atom. The molecule has 4 aliphatic rings. The van der Waals surface area contributed by atoms with Crippen LogP contribution in [0.15, 0.2) is 42.5 Å². The molecular formula is C25H24N4O5. The Morgan fingerprint density at radius 1 is 1.09 bits per heavy atom. The highest BCUT2D eigenvalue weighted by Crippen LogP contribution is 2.61. The number of fused-ring (bicyclic) bond motifs is 7. The number of anilines is 2. The number of carbonyl (C=O) groups is 3. The van der Waals surface area contributed by atoms with Gasteiger partial charge in [0.15, 0.2) is 0 Å². The molecule has 2 aromatic carbocycles. The van der Waals surface area contributed by atoms with Crippen molar-refractivity contribution in [3.8, 4) is 0 Å². The first-order valence-electron chi connectivity index (χ1n) is 11.6. The Balaban J connectivity index is 1.54. The maximum Gasteiger partial charge on any atom is 0.269 e. The molecule has 1 spiro atoms. The second-order valence-corrected chi connectivity index (χ2v) is 9.48. The molecule has 3 saturated heterocycles. The number of non-ortho nitro benzene ring substituents is 1. The summed E-state index contributed by atoms with van der Waals surface area (Å²) in [5.74, 6) is -2.31. The van der Waals surface area contributed by atoms with Crippen molar-refractivity contribution in [1.82, 2.24) is 4.90 Å². The minimum absolute atomic E-state index is 0.0996. The number of hydrogen-bond donors (Lipinski definition) is 0. The van der Waals surface area contributed by atoms with Crippen LogP contribution in [0.2, 0.25) is 0 Å². The van der Waals surface area contributed by atoms with E-state index in [1.807, 2.05) is 31.2 Å². The molecule has 0 aliphatic carbocycles. The van der Waals surface area contributed by atoms with Crippen molar-refractivity contribution < 1.29 is 19.3 Å². The highest BCUT2D eigenvalue weighted by atomic mass is 16.6. The Bertz CT molecular complexity index is 1290. The number of carbonyl (C=O) groups excluding carboxylic acids is 3. The Labute approximate surface area is 196 Å². The SMILES string of the molecule is CCN1C(=O)[C@]2(c3ccccc31)[C@H]1C(=O)N(c3ccc([N+](=O)[O-])cc3C)C(=O)[C@@H]1[C@H]1CCCN12. The lowest BCUT2D eigenvalue weighted by Crippen LogP contribution is -2.56. The second-order valence-electron chi connectivity index (χ2n) is 9.48. The molecule has 2 aromatic rings. The molecule has 0 unspecified atom stereocenters. The summed E-state index contributed by atoms with van der Waals surface area (Å²) in [5.41, 5.74) is 1.12. The summed E-state index contributed by atoms with van der Waals surface area (Å²) < 4.78 is 0. The first kappa shape index (κ1) is 21.0. The molecule has 0 bridgehead atoms. The van der Waals surface area contributed by atoms with Crippen molar-refractivity contribution in [2.75, 3.05) is 22.9 Å². The number of hydrogen-bond acceptors (Lipinski definition) is 6.